The van der Waals surface area contributed by atoms with Crippen molar-refractivity contribution in [1.29, 1.82) is 0 Å². The summed E-state index contributed by atoms with van der Waals surface area (Å²) < 4.78 is 0. The maximum Gasteiger partial charge on any atom is 0.250 e. The van der Waals surface area contributed by atoms with Crippen LogP contribution < -0.4 is 5.43 Å². The molecule has 1 heterocycles. The number of pyridine rings is 1. The summed E-state index contributed by atoms with van der Waals surface area (Å²) in [5.74, 6) is 0.987. The van der Waals surface area contributed by atoms with Crippen molar-refractivity contribution in [1.82, 2.24) is 10.4 Å². The smallest absolute Gasteiger partial charge is 0.250 e. The van der Waals surface area contributed by atoms with Crippen LogP contribution in [0.4, 0.5) is 0 Å². The SMILES string of the molecule is CC12CCC(CC1=NNC(=O)CSc1ccccn1)C2(C)C. The molecule has 22 heavy (non-hydrogen) atoms. The molecule has 2 fully saturated rings. The molecule has 1 N–H and O–H groups in total. The average molecular weight is 317 g/mol. The van der Waals surface area contributed by atoms with E-state index in [-0.39, 0.29) is 11.3 Å². The molecule has 2 saturated carbocycles. The molecule has 2 atom stereocenters. The zero-order valence-electron chi connectivity index (χ0n) is 13.4. The van der Waals surface area contributed by atoms with Crippen LogP contribution in [0.25, 0.3) is 0 Å². The summed E-state index contributed by atoms with van der Waals surface area (Å²) in [6.07, 6.45) is 5.23. The van der Waals surface area contributed by atoms with Gasteiger partial charge in [0.1, 0.15) is 0 Å². The fourth-order valence-electron chi connectivity index (χ4n) is 3.83. The number of hydrazone groups is 1. The van der Waals surface area contributed by atoms with Crippen LogP contribution in [0.5, 0.6) is 0 Å². The van der Waals surface area contributed by atoms with Crippen LogP contribution in [-0.2, 0) is 4.79 Å². The lowest BCUT2D eigenvalue weighted by Gasteiger charge is -2.34. The summed E-state index contributed by atoms with van der Waals surface area (Å²) in [4.78, 5) is 16.2. The number of carbonyl (C=O) groups is 1. The molecule has 5 heteroatoms. The molecular weight excluding hydrogens is 294 g/mol. The Bertz CT molecular complexity index is 599. The van der Waals surface area contributed by atoms with Crippen molar-refractivity contribution in [2.24, 2.45) is 21.8 Å². The second kappa shape index (κ2) is 5.69. The Hall–Kier alpha value is -1.36. The van der Waals surface area contributed by atoms with Gasteiger partial charge in [0.15, 0.2) is 0 Å². The van der Waals surface area contributed by atoms with Crippen LogP contribution in [0.15, 0.2) is 34.5 Å². The molecule has 1 aromatic heterocycles. The van der Waals surface area contributed by atoms with Gasteiger partial charge in [0, 0.05) is 17.3 Å². The highest BCUT2D eigenvalue weighted by Crippen LogP contribution is 2.63. The summed E-state index contributed by atoms with van der Waals surface area (Å²) in [5, 5.41) is 5.33. The van der Waals surface area contributed by atoms with Gasteiger partial charge in [-0.1, -0.05) is 38.6 Å². The van der Waals surface area contributed by atoms with Gasteiger partial charge in [-0.3, -0.25) is 4.79 Å². The highest BCUT2D eigenvalue weighted by Gasteiger charge is 2.59. The zero-order valence-corrected chi connectivity index (χ0v) is 14.2. The number of nitrogens with one attached hydrogen (secondary N) is 1. The molecule has 0 saturated heterocycles. The van der Waals surface area contributed by atoms with Crippen LogP contribution in [-0.4, -0.2) is 22.4 Å². The molecule has 0 spiro atoms. The first-order chi connectivity index (χ1) is 10.4. The molecule has 2 aliphatic carbocycles. The summed E-state index contributed by atoms with van der Waals surface area (Å²) >= 11 is 1.43. The number of fused-ring (bicyclic) bond motifs is 2. The lowest BCUT2D eigenvalue weighted by Crippen LogP contribution is -2.34. The second-order valence-corrected chi connectivity index (χ2v) is 8.04. The fourth-order valence-corrected chi connectivity index (χ4v) is 4.49. The monoisotopic (exact) mass is 317 g/mol. The third-order valence-electron chi connectivity index (χ3n) is 5.82. The molecule has 3 rings (SSSR count). The van der Waals surface area contributed by atoms with Gasteiger partial charge >= 0.3 is 0 Å². The van der Waals surface area contributed by atoms with E-state index in [0.717, 1.165) is 11.4 Å². The van der Waals surface area contributed by atoms with Crippen molar-refractivity contribution < 1.29 is 4.79 Å². The molecule has 1 amide bonds. The quantitative estimate of drug-likeness (QED) is 0.683. The van der Waals surface area contributed by atoms with Gasteiger partial charge in [-0.15, -0.1) is 0 Å². The average Bonchev–Trinajstić information content (AvgIpc) is 2.85. The fraction of sp³-hybridized carbons (Fsp3) is 0.588. The zero-order chi connectivity index (χ0) is 15.8. The number of nitrogens with zero attached hydrogens (tertiary/aromatic N) is 2. The van der Waals surface area contributed by atoms with E-state index < -0.39 is 0 Å². The largest absolute Gasteiger partial charge is 0.272 e. The van der Waals surface area contributed by atoms with E-state index in [2.05, 4.69) is 36.3 Å². The molecular formula is C17H23N3OS. The maximum absolute atomic E-state index is 12.0. The van der Waals surface area contributed by atoms with Gasteiger partial charge in [0.2, 0.25) is 5.91 Å². The Balaban J connectivity index is 1.57. The van der Waals surface area contributed by atoms with Crippen molar-refractivity contribution in [2.75, 3.05) is 5.75 Å². The van der Waals surface area contributed by atoms with Crippen molar-refractivity contribution >= 4 is 23.4 Å². The van der Waals surface area contributed by atoms with E-state index in [4.69, 9.17) is 0 Å². The number of hydrogen-bond donors (Lipinski definition) is 1. The van der Waals surface area contributed by atoms with Gasteiger partial charge in [-0.05, 0) is 42.7 Å². The summed E-state index contributed by atoms with van der Waals surface area (Å²) in [6, 6.07) is 5.70. The topological polar surface area (TPSA) is 54.4 Å². The molecule has 0 aromatic carbocycles. The van der Waals surface area contributed by atoms with Crippen molar-refractivity contribution in [3.8, 4) is 0 Å². The number of carbonyl (C=O) groups excluding carboxylic acids is 1. The van der Waals surface area contributed by atoms with Crippen molar-refractivity contribution in [3.05, 3.63) is 24.4 Å². The highest BCUT2D eigenvalue weighted by atomic mass is 32.2. The van der Waals surface area contributed by atoms with Crippen molar-refractivity contribution in [2.45, 2.75) is 45.1 Å². The normalized spacial score (nSPS) is 30.7. The summed E-state index contributed by atoms with van der Waals surface area (Å²) in [6.45, 7) is 6.98. The molecule has 1 aromatic rings. The number of hydrogen-bond acceptors (Lipinski definition) is 4. The van der Waals surface area contributed by atoms with E-state index in [1.165, 1.54) is 30.3 Å². The minimum Gasteiger partial charge on any atom is -0.272 e. The molecule has 118 valence electrons. The Labute approximate surface area is 136 Å². The van der Waals surface area contributed by atoms with Gasteiger partial charge in [-0.2, -0.15) is 5.10 Å². The number of rotatable bonds is 4. The highest BCUT2D eigenvalue weighted by molar-refractivity contribution is 7.99. The lowest BCUT2D eigenvalue weighted by atomic mass is 9.70. The Morgan fingerprint density at radius 1 is 1.45 bits per heavy atom. The minimum atomic E-state index is -0.0627. The Morgan fingerprint density at radius 2 is 2.27 bits per heavy atom. The third kappa shape index (κ3) is 2.56. The summed E-state index contributed by atoms with van der Waals surface area (Å²) in [5.41, 5.74) is 4.34. The molecule has 2 aliphatic rings. The van der Waals surface area contributed by atoms with Gasteiger partial charge in [0.25, 0.3) is 0 Å². The van der Waals surface area contributed by atoms with E-state index >= 15 is 0 Å². The first kappa shape index (κ1) is 15.5. The van der Waals surface area contributed by atoms with E-state index in [9.17, 15) is 4.79 Å². The predicted molar refractivity (Wildman–Crippen MR) is 89.8 cm³/mol. The van der Waals surface area contributed by atoms with E-state index in [1.54, 1.807) is 6.20 Å². The first-order valence-electron chi connectivity index (χ1n) is 7.83. The van der Waals surface area contributed by atoms with Crippen molar-refractivity contribution in [3.63, 3.8) is 0 Å². The van der Waals surface area contributed by atoms with E-state index in [0.29, 0.717) is 17.1 Å². The van der Waals surface area contributed by atoms with Crippen LogP contribution in [0.2, 0.25) is 0 Å². The molecule has 2 unspecified atom stereocenters. The van der Waals surface area contributed by atoms with Crippen LogP contribution in [0.3, 0.4) is 0 Å². The van der Waals surface area contributed by atoms with E-state index in [1.807, 2.05) is 18.2 Å². The van der Waals surface area contributed by atoms with Gasteiger partial charge in [-0.25, -0.2) is 10.4 Å². The van der Waals surface area contributed by atoms with Crippen LogP contribution in [0, 0.1) is 16.7 Å². The van der Waals surface area contributed by atoms with Gasteiger partial charge in [0.05, 0.1) is 10.8 Å². The maximum atomic E-state index is 12.0. The molecule has 0 aliphatic heterocycles. The minimum absolute atomic E-state index is 0.0627. The molecule has 0 radical (unpaired) electrons. The molecule has 4 nitrogen and oxygen atoms in total. The first-order valence-corrected chi connectivity index (χ1v) is 8.82. The molecule has 2 bridgehead atoms. The number of aromatic nitrogens is 1. The summed E-state index contributed by atoms with van der Waals surface area (Å²) in [7, 11) is 0. The standard InChI is InChI=1S/C17H23N3OS/c1-16(2)12-7-8-17(16,3)13(10-12)19-20-14(21)11-22-15-6-4-5-9-18-15/h4-6,9,12H,7-8,10-11H2,1-3H3,(H,20,21). The second-order valence-electron chi connectivity index (χ2n) is 7.04. The Kier molecular flexibility index (Phi) is 4.02. The van der Waals surface area contributed by atoms with Crippen LogP contribution >= 0.6 is 11.8 Å². The van der Waals surface area contributed by atoms with Gasteiger partial charge < -0.3 is 0 Å². The third-order valence-corrected chi connectivity index (χ3v) is 6.76. The number of amides is 1. The lowest BCUT2D eigenvalue weighted by molar-refractivity contribution is -0.118. The number of thioether (sulfide) groups is 1. The van der Waals surface area contributed by atoms with Crippen LogP contribution in [0.1, 0.15) is 40.0 Å². The predicted octanol–water partition coefficient (Wildman–Crippen LogP) is 3.49. The Morgan fingerprint density at radius 3 is 2.86 bits per heavy atom.